The molecule has 1 N–H and O–H groups in total. The van der Waals surface area contributed by atoms with E-state index in [-0.39, 0.29) is 18.9 Å². The molecule has 1 fully saturated rings. The van der Waals surface area contributed by atoms with E-state index in [9.17, 15) is 9.18 Å². The summed E-state index contributed by atoms with van der Waals surface area (Å²) < 4.78 is 20.8. The summed E-state index contributed by atoms with van der Waals surface area (Å²) in [4.78, 5) is 27.7. The second kappa shape index (κ2) is 9.08. The summed E-state index contributed by atoms with van der Waals surface area (Å²) in [5.41, 5.74) is 3.62. The maximum absolute atomic E-state index is 14.5. The monoisotopic (exact) mass is 498 g/mol. The van der Waals surface area contributed by atoms with Crippen molar-refractivity contribution in [3.8, 4) is 34.4 Å². The molecule has 0 unspecified atom stereocenters. The number of alkyl halides is 1. The van der Waals surface area contributed by atoms with E-state index in [1.165, 1.54) is 11.7 Å². The Morgan fingerprint density at radius 1 is 1.16 bits per heavy atom. The van der Waals surface area contributed by atoms with E-state index < -0.39 is 12.2 Å². The molecule has 0 bridgehead atoms. The Kier molecular flexibility index (Phi) is 5.59. The van der Waals surface area contributed by atoms with E-state index in [1.807, 2.05) is 42.5 Å². The molecule has 10 nitrogen and oxygen atoms in total. The number of tetrazole rings is 1. The number of benzene rings is 2. The number of fused-ring (bicyclic) bond motifs is 1. The first kappa shape index (κ1) is 22.8. The number of imidazole rings is 1. The number of carbonyl (C=O) groups is 1. The smallest absolute Gasteiger partial charge is 0.220 e. The van der Waals surface area contributed by atoms with Crippen molar-refractivity contribution >= 4 is 16.9 Å². The molecular formula is C26H23FN8O2. The average Bonchev–Trinajstić information content (AvgIpc) is 3.62. The number of aromatic amines is 1. The highest BCUT2D eigenvalue weighted by molar-refractivity contribution is 5.82. The zero-order chi connectivity index (χ0) is 25.5. The lowest BCUT2D eigenvalue weighted by atomic mass is 10.0. The molecule has 1 aliphatic rings. The van der Waals surface area contributed by atoms with Crippen LogP contribution in [0.4, 0.5) is 4.39 Å². The maximum atomic E-state index is 14.5. The third-order valence-electron chi connectivity index (χ3n) is 6.38. The molecule has 1 amide bonds. The highest BCUT2D eigenvalue weighted by Gasteiger charge is 2.37. The number of carbonyl (C=O) groups excluding carboxylic acids is 1. The van der Waals surface area contributed by atoms with Gasteiger partial charge >= 0.3 is 0 Å². The number of halogens is 1. The molecule has 0 spiro atoms. The van der Waals surface area contributed by atoms with Crippen LogP contribution in [0.2, 0.25) is 0 Å². The van der Waals surface area contributed by atoms with Gasteiger partial charge in [-0.3, -0.25) is 9.78 Å². The standard InChI is InChI=1S/C26H23FN8O2/c1-15(36)35-14-17(27)11-23(35)19-12-21-22(30-26(29-21)20-5-3-4-10-28-20)13-24(19)37-18-8-6-16(7-9-18)25-31-33-34(2)32-25/h3-10,12-13,17,23H,11,14H2,1-2H3,(H,29,30)/t17-,23-/m0/s1. The lowest BCUT2D eigenvalue weighted by molar-refractivity contribution is -0.129. The van der Waals surface area contributed by atoms with E-state index in [2.05, 4.69) is 25.4 Å². The number of rotatable bonds is 5. The summed E-state index contributed by atoms with van der Waals surface area (Å²) in [6, 6.07) is 16.1. The fourth-order valence-corrected chi connectivity index (χ4v) is 4.65. The summed E-state index contributed by atoms with van der Waals surface area (Å²) in [5.74, 6) is 2.00. The van der Waals surface area contributed by atoms with Crippen LogP contribution in [-0.2, 0) is 11.8 Å². The molecule has 1 saturated heterocycles. The van der Waals surface area contributed by atoms with Gasteiger partial charge in [-0.05, 0) is 47.7 Å². The fraction of sp³-hybridized carbons (Fsp3) is 0.231. The second-order valence-electron chi connectivity index (χ2n) is 8.96. The molecule has 0 radical (unpaired) electrons. The number of nitrogens with zero attached hydrogens (tertiary/aromatic N) is 7. The van der Waals surface area contributed by atoms with Gasteiger partial charge < -0.3 is 14.6 Å². The minimum absolute atomic E-state index is 0.0550. The summed E-state index contributed by atoms with van der Waals surface area (Å²) in [5, 5.41) is 12.1. The predicted octanol–water partition coefficient (Wildman–Crippen LogP) is 4.24. The van der Waals surface area contributed by atoms with Crippen molar-refractivity contribution in [1.82, 2.24) is 40.1 Å². The minimum Gasteiger partial charge on any atom is -0.457 e. The summed E-state index contributed by atoms with van der Waals surface area (Å²) in [6.07, 6.45) is 0.787. The first-order chi connectivity index (χ1) is 17.9. The lowest BCUT2D eigenvalue weighted by Gasteiger charge is -2.25. The van der Waals surface area contributed by atoms with E-state index in [0.29, 0.717) is 39.9 Å². The second-order valence-corrected chi connectivity index (χ2v) is 8.96. The van der Waals surface area contributed by atoms with Gasteiger partial charge in [-0.2, -0.15) is 4.80 Å². The number of hydrogen-bond acceptors (Lipinski definition) is 7. The molecular weight excluding hydrogens is 475 g/mol. The van der Waals surface area contributed by atoms with Crippen LogP contribution < -0.4 is 4.74 Å². The Morgan fingerprint density at radius 2 is 2.00 bits per heavy atom. The van der Waals surface area contributed by atoms with Gasteiger partial charge in [-0.25, -0.2) is 9.37 Å². The van der Waals surface area contributed by atoms with Gasteiger partial charge in [0.05, 0.1) is 30.7 Å². The van der Waals surface area contributed by atoms with Gasteiger partial charge in [0.25, 0.3) is 0 Å². The lowest BCUT2D eigenvalue weighted by Crippen LogP contribution is -2.29. The fourth-order valence-electron chi connectivity index (χ4n) is 4.65. The molecule has 2 atom stereocenters. The van der Waals surface area contributed by atoms with Crippen LogP contribution in [0.5, 0.6) is 11.5 Å². The summed E-state index contributed by atoms with van der Waals surface area (Å²) in [7, 11) is 1.70. The maximum Gasteiger partial charge on any atom is 0.220 e. The molecule has 0 saturated carbocycles. The normalized spacial score (nSPS) is 17.4. The molecule has 11 heteroatoms. The van der Waals surface area contributed by atoms with Gasteiger partial charge in [-0.15, -0.1) is 10.2 Å². The zero-order valence-electron chi connectivity index (χ0n) is 20.2. The van der Waals surface area contributed by atoms with Crippen molar-refractivity contribution in [1.29, 1.82) is 0 Å². The predicted molar refractivity (Wildman–Crippen MR) is 133 cm³/mol. The Bertz CT molecular complexity index is 1580. The van der Waals surface area contributed by atoms with Crippen LogP contribution in [0.25, 0.3) is 33.9 Å². The molecule has 4 heterocycles. The first-order valence-electron chi connectivity index (χ1n) is 11.8. The van der Waals surface area contributed by atoms with Gasteiger partial charge in [-0.1, -0.05) is 6.07 Å². The van der Waals surface area contributed by atoms with E-state index in [0.717, 1.165) is 11.1 Å². The third kappa shape index (κ3) is 4.39. The third-order valence-corrected chi connectivity index (χ3v) is 6.38. The van der Waals surface area contributed by atoms with Crippen molar-refractivity contribution in [3.05, 3.63) is 66.4 Å². The van der Waals surface area contributed by atoms with Crippen molar-refractivity contribution in [2.24, 2.45) is 7.05 Å². The van der Waals surface area contributed by atoms with Crippen molar-refractivity contribution in [2.45, 2.75) is 25.6 Å². The number of ether oxygens (including phenoxy) is 1. The Balaban J connectivity index is 1.41. The Morgan fingerprint density at radius 3 is 2.70 bits per heavy atom. The number of amides is 1. The number of aromatic nitrogens is 7. The quantitative estimate of drug-likeness (QED) is 0.385. The first-order valence-corrected chi connectivity index (χ1v) is 11.8. The molecule has 0 aliphatic carbocycles. The highest BCUT2D eigenvalue weighted by Crippen LogP contribution is 2.41. The van der Waals surface area contributed by atoms with Gasteiger partial charge in [0.15, 0.2) is 5.82 Å². The Labute approximate surface area is 211 Å². The van der Waals surface area contributed by atoms with Crippen LogP contribution in [0.15, 0.2) is 60.8 Å². The van der Waals surface area contributed by atoms with Gasteiger partial charge in [0.2, 0.25) is 11.7 Å². The average molecular weight is 499 g/mol. The van der Waals surface area contributed by atoms with Crippen LogP contribution >= 0.6 is 0 Å². The molecule has 5 aromatic rings. The number of hydrogen-bond donors (Lipinski definition) is 1. The van der Waals surface area contributed by atoms with E-state index in [4.69, 9.17) is 9.72 Å². The molecule has 3 aromatic heterocycles. The van der Waals surface area contributed by atoms with Crippen LogP contribution in [0.3, 0.4) is 0 Å². The number of nitrogens with one attached hydrogen (secondary N) is 1. The number of H-pyrrole nitrogens is 1. The summed E-state index contributed by atoms with van der Waals surface area (Å²) >= 11 is 0. The highest BCUT2D eigenvalue weighted by atomic mass is 19.1. The van der Waals surface area contributed by atoms with Crippen LogP contribution in [0.1, 0.15) is 24.9 Å². The molecule has 2 aromatic carbocycles. The number of likely N-dealkylation sites (tertiary alicyclic amines) is 1. The molecule has 186 valence electrons. The number of aryl methyl sites for hydroxylation is 1. The summed E-state index contributed by atoms with van der Waals surface area (Å²) in [6.45, 7) is 1.51. The topological polar surface area (TPSA) is 115 Å². The van der Waals surface area contributed by atoms with Crippen molar-refractivity contribution in [3.63, 3.8) is 0 Å². The van der Waals surface area contributed by atoms with E-state index >= 15 is 0 Å². The van der Waals surface area contributed by atoms with Crippen LogP contribution in [-0.4, -0.2) is 58.7 Å². The van der Waals surface area contributed by atoms with Crippen molar-refractivity contribution < 1.29 is 13.9 Å². The van der Waals surface area contributed by atoms with Gasteiger partial charge in [0, 0.05) is 36.7 Å². The SMILES string of the molecule is CC(=O)N1C[C@@H](F)C[C@H]1c1cc2[nH]c(-c3ccccn3)nc2cc1Oc1ccc(-c2nnn(C)n2)cc1. The molecule has 37 heavy (non-hydrogen) atoms. The zero-order valence-corrected chi connectivity index (χ0v) is 20.2. The largest absolute Gasteiger partial charge is 0.457 e. The Hall–Kier alpha value is -4.67. The van der Waals surface area contributed by atoms with Gasteiger partial charge in [0.1, 0.15) is 23.4 Å². The van der Waals surface area contributed by atoms with Crippen LogP contribution in [0, 0.1) is 0 Å². The number of pyridine rings is 1. The molecule has 6 rings (SSSR count). The van der Waals surface area contributed by atoms with Crippen molar-refractivity contribution in [2.75, 3.05) is 6.54 Å². The minimum atomic E-state index is -1.11. The molecule has 1 aliphatic heterocycles. The van der Waals surface area contributed by atoms with E-state index in [1.54, 1.807) is 30.3 Å².